The molecule has 0 bridgehead atoms. The topological polar surface area (TPSA) is 99.4 Å². The summed E-state index contributed by atoms with van der Waals surface area (Å²) < 4.78 is 7.65. The van der Waals surface area contributed by atoms with E-state index in [-0.39, 0.29) is 39.8 Å². The number of halogens is 2. The van der Waals surface area contributed by atoms with E-state index in [1.165, 1.54) is 23.8 Å². The molecule has 1 atom stereocenters. The summed E-state index contributed by atoms with van der Waals surface area (Å²) in [4.78, 5) is 50.9. The largest absolute Gasteiger partial charge is 0.467 e. The fourth-order valence-corrected chi connectivity index (χ4v) is 4.68. The van der Waals surface area contributed by atoms with Crippen molar-refractivity contribution in [3.8, 4) is 11.1 Å². The Bertz CT molecular complexity index is 1390. The molecule has 1 amide bonds. The molecule has 0 aliphatic rings. The van der Waals surface area contributed by atoms with Crippen LogP contribution < -0.4 is 16.6 Å². The number of nitrogens with zero attached hydrogens (tertiary/aromatic N) is 2. The lowest BCUT2D eigenvalue weighted by Gasteiger charge is -2.18. The van der Waals surface area contributed by atoms with Gasteiger partial charge in [0.25, 0.3) is 11.5 Å². The quantitative estimate of drug-likeness (QED) is 0.445. The summed E-state index contributed by atoms with van der Waals surface area (Å²) in [5, 5.41) is 2.96. The molecule has 0 saturated carbocycles. The van der Waals surface area contributed by atoms with Crippen molar-refractivity contribution in [2.45, 2.75) is 46.3 Å². The lowest BCUT2D eigenvalue weighted by atomic mass is 10.00. The Labute approximate surface area is 218 Å². The zero-order valence-electron chi connectivity index (χ0n) is 20.4. The normalized spacial score (nSPS) is 11.7. The van der Waals surface area contributed by atoms with Crippen molar-refractivity contribution in [2.75, 3.05) is 7.11 Å². The van der Waals surface area contributed by atoms with Crippen LogP contribution in [0.15, 0.2) is 52.1 Å². The van der Waals surface area contributed by atoms with Gasteiger partial charge in [0.1, 0.15) is 6.04 Å². The highest BCUT2D eigenvalue weighted by atomic mass is 35.5. The highest BCUT2D eigenvalue weighted by Gasteiger charge is 2.25. The first-order chi connectivity index (χ1) is 17.1. The summed E-state index contributed by atoms with van der Waals surface area (Å²) in [6.45, 7) is 6.05. The van der Waals surface area contributed by atoms with Crippen LogP contribution in [0.25, 0.3) is 11.1 Å². The van der Waals surface area contributed by atoms with Crippen molar-refractivity contribution in [1.82, 2.24) is 14.5 Å². The molecule has 0 spiro atoms. The molecule has 1 heterocycles. The van der Waals surface area contributed by atoms with Crippen LogP contribution >= 0.6 is 23.2 Å². The second-order valence-electron chi connectivity index (χ2n) is 8.08. The molecule has 2 aromatic carbocycles. The van der Waals surface area contributed by atoms with Crippen molar-refractivity contribution in [2.24, 2.45) is 0 Å². The fourth-order valence-electron chi connectivity index (χ4n) is 4.11. The first-order valence-corrected chi connectivity index (χ1v) is 12.2. The number of carbonyl (C=O) groups is 2. The molecule has 3 aromatic rings. The third-order valence-electron chi connectivity index (χ3n) is 5.98. The summed E-state index contributed by atoms with van der Waals surface area (Å²) in [6, 6.07) is 10.7. The van der Waals surface area contributed by atoms with Gasteiger partial charge in [-0.05, 0) is 44.0 Å². The van der Waals surface area contributed by atoms with E-state index in [1.54, 1.807) is 48.7 Å². The Morgan fingerprint density at radius 3 is 2.08 bits per heavy atom. The van der Waals surface area contributed by atoms with Gasteiger partial charge >= 0.3 is 11.7 Å². The number of rotatable bonds is 8. The minimum Gasteiger partial charge on any atom is -0.467 e. The van der Waals surface area contributed by atoms with E-state index >= 15 is 0 Å². The van der Waals surface area contributed by atoms with Crippen molar-refractivity contribution in [3.63, 3.8) is 0 Å². The number of esters is 1. The predicted octanol–water partition coefficient (Wildman–Crippen LogP) is 3.85. The number of methoxy groups -OCH3 is 1. The van der Waals surface area contributed by atoms with E-state index in [1.807, 2.05) is 6.92 Å². The Balaban J connectivity index is 1.92. The monoisotopic (exact) mass is 531 g/mol. The lowest BCUT2D eigenvalue weighted by molar-refractivity contribution is -0.142. The molecular formula is C26H27Cl2N3O5. The van der Waals surface area contributed by atoms with Gasteiger partial charge in [0, 0.05) is 25.2 Å². The van der Waals surface area contributed by atoms with E-state index in [0.29, 0.717) is 23.4 Å². The van der Waals surface area contributed by atoms with Gasteiger partial charge in [-0.2, -0.15) is 0 Å². The van der Waals surface area contributed by atoms with Crippen LogP contribution in [0.4, 0.5) is 0 Å². The smallest absolute Gasteiger partial charge is 0.331 e. The van der Waals surface area contributed by atoms with Crippen molar-refractivity contribution in [1.29, 1.82) is 0 Å². The SMILES string of the molecule is CCn1c(C)c(-c2ccc(CC(NC(=O)c3c(Cl)cccc3Cl)C(=O)OC)cc2)c(=O)n(CC)c1=O. The molecule has 36 heavy (non-hydrogen) atoms. The van der Waals surface area contributed by atoms with E-state index in [0.717, 1.165) is 5.56 Å². The van der Waals surface area contributed by atoms with E-state index in [2.05, 4.69) is 5.32 Å². The average Bonchev–Trinajstić information content (AvgIpc) is 2.84. The minimum atomic E-state index is -0.998. The molecule has 0 saturated heterocycles. The average molecular weight is 532 g/mol. The molecular weight excluding hydrogens is 505 g/mol. The van der Waals surface area contributed by atoms with Crippen LogP contribution in [0.5, 0.6) is 0 Å². The molecule has 0 fully saturated rings. The van der Waals surface area contributed by atoms with Gasteiger partial charge in [0.05, 0.1) is 28.3 Å². The first kappa shape index (κ1) is 27.2. The Hall–Kier alpha value is -3.36. The number of nitrogens with one attached hydrogen (secondary N) is 1. The van der Waals surface area contributed by atoms with Gasteiger partial charge in [0.2, 0.25) is 0 Å². The number of hydrogen-bond acceptors (Lipinski definition) is 5. The Kier molecular flexibility index (Phi) is 8.76. The van der Waals surface area contributed by atoms with Crippen LogP contribution in [0, 0.1) is 6.92 Å². The van der Waals surface area contributed by atoms with E-state index in [4.69, 9.17) is 27.9 Å². The van der Waals surface area contributed by atoms with Crippen LogP contribution in [-0.4, -0.2) is 34.2 Å². The summed E-state index contributed by atoms with van der Waals surface area (Å²) in [5.74, 6) is -1.23. The van der Waals surface area contributed by atoms with Gasteiger partial charge in [-0.15, -0.1) is 0 Å². The second kappa shape index (κ2) is 11.6. The standard InChI is InChI=1S/C26H27Cl2N3O5/c1-5-30-15(3)21(24(33)31(6-2)26(30)35)17-12-10-16(11-13-17)14-20(25(34)36-4)29-23(32)22-18(27)8-7-9-19(22)28/h7-13,20H,5-6,14H2,1-4H3,(H,29,32). The maximum absolute atomic E-state index is 13.0. The van der Waals surface area contributed by atoms with Gasteiger partial charge in [-0.25, -0.2) is 9.59 Å². The highest BCUT2D eigenvalue weighted by molar-refractivity contribution is 6.39. The lowest BCUT2D eigenvalue weighted by Crippen LogP contribution is -2.43. The van der Waals surface area contributed by atoms with Crippen molar-refractivity contribution < 1.29 is 14.3 Å². The minimum absolute atomic E-state index is 0.0683. The highest BCUT2D eigenvalue weighted by Crippen LogP contribution is 2.25. The van der Waals surface area contributed by atoms with Crippen LogP contribution in [0.3, 0.4) is 0 Å². The van der Waals surface area contributed by atoms with Gasteiger partial charge < -0.3 is 10.1 Å². The molecule has 190 valence electrons. The summed E-state index contributed by atoms with van der Waals surface area (Å²) in [6.07, 6.45) is 0.132. The third kappa shape index (κ3) is 5.39. The number of hydrogen-bond donors (Lipinski definition) is 1. The zero-order valence-corrected chi connectivity index (χ0v) is 21.9. The molecule has 1 aromatic heterocycles. The van der Waals surface area contributed by atoms with Crippen LogP contribution in [0.2, 0.25) is 10.0 Å². The number of amides is 1. The molecule has 0 radical (unpaired) electrons. The van der Waals surface area contributed by atoms with Crippen LogP contribution in [0.1, 0.15) is 35.5 Å². The molecule has 10 heteroatoms. The molecule has 3 rings (SSSR count). The predicted molar refractivity (Wildman–Crippen MR) is 140 cm³/mol. The molecule has 1 unspecified atom stereocenters. The number of benzene rings is 2. The Morgan fingerprint density at radius 1 is 0.972 bits per heavy atom. The first-order valence-electron chi connectivity index (χ1n) is 11.4. The second-order valence-corrected chi connectivity index (χ2v) is 8.90. The van der Waals surface area contributed by atoms with Crippen molar-refractivity contribution in [3.05, 3.63) is 90.2 Å². The Morgan fingerprint density at radius 2 is 1.56 bits per heavy atom. The zero-order chi connectivity index (χ0) is 26.6. The van der Waals surface area contributed by atoms with E-state index in [9.17, 15) is 19.2 Å². The molecule has 0 aliphatic carbocycles. The van der Waals surface area contributed by atoms with Gasteiger partial charge in [-0.3, -0.25) is 18.7 Å². The number of ether oxygens (including phenoxy) is 1. The van der Waals surface area contributed by atoms with Gasteiger partial charge in [0.15, 0.2) is 0 Å². The van der Waals surface area contributed by atoms with Crippen molar-refractivity contribution >= 4 is 35.1 Å². The molecule has 0 aliphatic heterocycles. The van der Waals surface area contributed by atoms with Gasteiger partial charge in [-0.1, -0.05) is 53.5 Å². The summed E-state index contributed by atoms with van der Waals surface area (Å²) >= 11 is 12.3. The molecule has 1 N–H and O–H groups in total. The van der Waals surface area contributed by atoms with E-state index < -0.39 is 17.9 Å². The summed E-state index contributed by atoms with van der Waals surface area (Å²) in [7, 11) is 1.23. The number of carbonyl (C=O) groups excluding carboxylic acids is 2. The third-order valence-corrected chi connectivity index (χ3v) is 6.61. The molecule has 8 nitrogen and oxygen atoms in total. The number of aromatic nitrogens is 2. The maximum Gasteiger partial charge on any atom is 0.331 e. The van der Waals surface area contributed by atoms with Crippen LogP contribution in [-0.2, 0) is 29.0 Å². The summed E-state index contributed by atoms with van der Waals surface area (Å²) in [5.41, 5.74) is 1.77. The maximum atomic E-state index is 13.0. The fraction of sp³-hybridized carbons (Fsp3) is 0.308.